The molecule has 1 amide bonds. The van der Waals surface area contributed by atoms with Crippen LogP contribution < -0.4 is 4.90 Å². The van der Waals surface area contributed by atoms with Gasteiger partial charge in [0.1, 0.15) is 0 Å². The number of carbonyl (C=O) groups excluding carboxylic acids is 1. The van der Waals surface area contributed by atoms with Crippen molar-refractivity contribution in [3.63, 3.8) is 0 Å². The van der Waals surface area contributed by atoms with E-state index in [1.54, 1.807) is 23.1 Å². The van der Waals surface area contributed by atoms with Gasteiger partial charge in [-0.15, -0.1) is 0 Å². The molecule has 7 heteroatoms. The zero-order chi connectivity index (χ0) is 20.4. The Morgan fingerprint density at radius 2 is 1.45 bits per heavy atom. The highest BCUT2D eigenvalue weighted by Gasteiger charge is 2.31. The molecule has 4 rings (SSSR count). The molecule has 0 spiro atoms. The predicted octanol–water partition coefficient (Wildman–Crippen LogP) is 4.46. The van der Waals surface area contributed by atoms with Gasteiger partial charge >= 0.3 is 6.18 Å². The average molecular weight is 399 g/mol. The quantitative estimate of drug-likeness (QED) is 0.651. The second-order valence-corrected chi connectivity index (χ2v) is 6.96. The lowest BCUT2D eigenvalue weighted by Crippen LogP contribution is -2.48. The second kappa shape index (κ2) is 7.66. The summed E-state index contributed by atoms with van der Waals surface area (Å²) in [5.41, 5.74) is 1.45. The van der Waals surface area contributed by atoms with Gasteiger partial charge in [-0.3, -0.25) is 4.79 Å². The SMILES string of the molecule is O=C(c1ccc(-n2cccc2)cc1)N1CCN(c2cccc(C(F)(F)F)c2)CC1. The summed E-state index contributed by atoms with van der Waals surface area (Å²) in [6.07, 6.45) is -0.492. The normalized spacial score (nSPS) is 14.9. The second-order valence-electron chi connectivity index (χ2n) is 6.96. The van der Waals surface area contributed by atoms with Crippen molar-refractivity contribution in [3.8, 4) is 5.69 Å². The molecule has 0 N–H and O–H groups in total. The highest BCUT2D eigenvalue weighted by molar-refractivity contribution is 5.94. The predicted molar refractivity (Wildman–Crippen MR) is 105 cm³/mol. The number of halogens is 3. The Bertz CT molecular complexity index is 973. The molecule has 4 nitrogen and oxygen atoms in total. The summed E-state index contributed by atoms with van der Waals surface area (Å²) < 4.78 is 40.8. The third-order valence-corrected chi connectivity index (χ3v) is 5.12. The van der Waals surface area contributed by atoms with Gasteiger partial charge in [0.05, 0.1) is 5.56 Å². The lowest BCUT2D eigenvalue weighted by Gasteiger charge is -2.36. The number of carbonyl (C=O) groups is 1. The zero-order valence-electron chi connectivity index (χ0n) is 15.6. The minimum Gasteiger partial charge on any atom is -0.368 e. The first kappa shape index (κ1) is 19.1. The molecule has 0 aliphatic carbocycles. The summed E-state index contributed by atoms with van der Waals surface area (Å²) >= 11 is 0. The maximum Gasteiger partial charge on any atom is 0.416 e. The standard InChI is InChI=1S/C22H20F3N3O/c23-22(24,25)18-4-3-5-20(16-18)27-12-14-28(15-13-27)21(29)17-6-8-19(9-7-17)26-10-1-2-11-26/h1-11,16H,12-15H2. The van der Waals surface area contributed by atoms with Crippen LogP contribution >= 0.6 is 0 Å². The molecule has 0 saturated carbocycles. The van der Waals surface area contributed by atoms with Gasteiger partial charge in [-0.1, -0.05) is 6.07 Å². The summed E-state index contributed by atoms with van der Waals surface area (Å²) in [4.78, 5) is 16.4. The Labute approximate surface area is 166 Å². The molecule has 1 saturated heterocycles. The number of nitrogens with zero attached hydrogens (tertiary/aromatic N) is 3. The lowest BCUT2D eigenvalue weighted by atomic mass is 10.1. The van der Waals surface area contributed by atoms with Gasteiger partial charge in [0.2, 0.25) is 0 Å². The smallest absolute Gasteiger partial charge is 0.368 e. The highest BCUT2D eigenvalue weighted by Crippen LogP contribution is 2.32. The van der Waals surface area contributed by atoms with Crippen molar-refractivity contribution in [1.29, 1.82) is 0 Å². The van der Waals surface area contributed by atoms with E-state index in [2.05, 4.69) is 0 Å². The van der Waals surface area contributed by atoms with E-state index in [0.717, 1.165) is 17.8 Å². The number of aromatic nitrogens is 1. The van der Waals surface area contributed by atoms with E-state index in [1.165, 1.54) is 6.07 Å². The molecular formula is C22H20F3N3O. The Morgan fingerprint density at radius 1 is 0.793 bits per heavy atom. The van der Waals surface area contributed by atoms with Gasteiger partial charge < -0.3 is 14.4 Å². The molecule has 2 heterocycles. The van der Waals surface area contributed by atoms with Crippen molar-refractivity contribution in [2.45, 2.75) is 6.18 Å². The van der Waals surface area contributed by atoms with Crippen LogP contribution in [-0.4, -0.2) is 41.6 Å². The molecule has 0 radical (unpaired) electrons. The first-order valence-electron chi connectivity index (χ1n) is 9.37. The maximum absolute atomic E-state index is 12.9. The van der Waals surface area contributed by atoms with E-state index >= 15 is 0 Å². The van der Waals surface area contributed by atoms with Crippen molar-refractivity contribution in [3.05, 3.63) is 84.2 Å². The van der Waals surface area contributed by atoms with Crippen LogP contribution in [0.3, 0.4) is 0 Å². The van der Waals surface area contributed by atoms with Crippen molar-refractivity contribution in [2.75, 3.05) is 31.1 Å². The summed E-state index contributed by atoms with van der Waals surface area (Å²) in [6.45, 7) is 1.92. The third kappa shape index (κ3) is 4.13. The van der Waals surface area contributed by atoms with Crippen LogP contribution in [0.1, 0.15) is 15.9 Å². The first-order valence-corrected chi connectivity index (χ1v) is 9.37. The van der Waals surface area contributed by atoms with Gasteiger partial charge in [0, 0.05) is 55.5 Å². The molecule has 2 aromatic carbocycles. The van der Waals surface area contributed by atoms with E-state index in [4.69, 9.17) is 0 Å². The molecule has 1 aliphatic rings. The number of anilines is 1. The topological polar surface area (TPSA) is 28.5 Å². The van der Waals surface area contributed by atoms with Gasteiger partial charge in [0.25, 0.3) is 5.91 Å². The zero-order valence-corrected chi connectivity index (χ0v) is 15.6. The van der Waals surface area contributed by atoms with E-state index in [1.807, 2.05) is 46.1 Å². The van der Waals surface area contributed by atoms with Gasteiger partial charge in [0.15, 0.2) is 0 Å². The molecule has 0 bridgehead atoms. The van der Waals surface area contributed by atoms with Crippen LogP contribution in [0.5, 0.6) is 0 Å². The number of hydrogen-bond donors (Lipinski definition) is 0. The summed E-state index contributed by atoms with van der Waals surface area (Å²) in [5.74, 6) is -0.0623. The molecule has 29 heavy (non-hydrogen) atoms. The maximum atomic E-state index is 12.9. The van der Waals surface area contributed by atoms with Crippen molar-refractivity contribution in [2.24, 2.45) is 0 Å². The van der Waals surface area contributed by atoms with Crippen LogP contribution in [0.2, 0.25) is 0 Å². The summed E-state index contributed by atoms with van der Waals surface area (Å²) in [6, 6.07) is 16.6. The van der Waals surface area contributed by atoms with Crippen molar-refractivity contribution < 1.29 is 18.0 Å². The molecular weight excluding hydrogens is 379 g/mol. The largest absolute Gasteiger partial charge is 0.416 e. The van der Waals surface area contributed by atoms with Gasteiger partial charge in [-0.25, -0.2) is 0 Å². The Hall–Kier alpha value is -3.22. The van der Waals surface area contributed by atoms with Crippen LogP contribution in [-0.2, 0) is 6.18 Å². The van der Waals surface area contributed by atoms with Gasteiger partial charge in [-0.2, -0.15) is 13.2 Å². The molecule has 3 aromatic rings. The number of rotatable bonds is 3. The Balaban J connectivity index is 1.40. The van der Waals surface area contributed by atoms with Crippen LogP contribution in [0.15, 0.2) is 73.1 Å². The lowest BCUT2D eigenvalue weighted by molar-refractivity contribution is -0.137. The number of alkyl halides is 3. The Kier molecular flexibility index (Phi) is 5.05. The van der Waals surface area contributed by atoms with E-state index in [0.29, 0.717) is 37.4 Å². The summed E-state index contributed by atoms with van der Waals surface area (Å²) in [7, 11) is 0. The fourth-order valence-electron chi connectivity index (χ4n) is 3.51. The van der Waals surface area contributed by atoms with E-state index in [9.17, 15) is 18.0 Å². The molecule has 1 fully saturated rings. The van der Waals surface area contributed by atoms with Gasteiger partial charge in [-0.05, 0) is 54.6 Å². The molecule has 1 aromatic heterocycles. The first-order chi connectivity index (χ1) is 13.9. The minimum atomic E-state index is -4.36. The Morgan fingerprint density at radius 3 is 2.07 bits per heavy atom. The van der Waals surface area contributed by atoms with E-state index in [-0.39, 0.29) is 5.91 Å². The number of benzene rings is 2. The number of amides is 1. The molecule has 1 aliphatic heterocycles. The minimum absolute atomic E-state index is 0.0623. The number of piperazine rings is 1. The molecule has 150 valence electrons. The van der Waals surface area contributed by atoms with Crippen molar-refractivity contribution >= 4 is 11.6 Å². The van der Waals surface area contributed by atoms with Crippen LogP contribution in [0, 0.1) is 0 Å². The highest BCUT2D eigenvalue weighted by atomic mass is 19.4. The molecule has 0 atom stereocenters. The number of hydrogen-bond acceptors (Lipinski definition) is 2. The van der Waals surface area contributed by atoms with Crippen LogP contribution in [0.4, 0.5) is 18.9 Å². The fourth-order valence-corrected chi connectivity index (χ4v) is 3.51. The summed E-state index contributed by atoms with van der Waals surface area (Å²) in [5, 5.41) is 0. The fraction of sp³-hybridized carbons (Fsp3) is 0.227. The van der Waals surface area contributed by atoms with E-state index < -0.39 is 11.7 Å². The van der Waals surface area contributed by atoms with Crippen molar-refractivity contribution in [1.82, 2.24) is 9.47 Å². The third-order valence-electron chi connectivity index (χ3n) is 5.12. The monoisotopic (exact) mass is 399 g/mol. The van der Waals surface area contributed by atoms with Crippen LogP contribution in [0.25, 0.3) is 5.69 Å². The average Bonchev–Trinajstić information content (AvgIpc) is 3.28. The molecule has 0 unspecified atom stereocenters.